The van der Waals surface area contributed by atoms with Crippen molar-refractivity contribution < 1.29 is 24.3 Å². The molecule has 0 aromatic heterocycles. The zero-order valence-corrected chi connectivity index (χ0v) is 23.0. The van der Waals surface area contributed by atoms with Gasteiger partial charge in [0.1, 0.15) is 13.2 Å². The number of urea groups is 1. The van der Waals surface area contributed by atoms with Crippen LogP contribution in [0.2, 0.25) is 0 Å². The average Bonchev–Trinajstić information content (AvgIpc) is 2.93. The van der Waals surface area contributed by atoms with Gasteiger partial charge in [-0.2, -0.15) is 15.5 Å². The summed E-state index contributed by atoms with van der Waals surface area (Å²) in [6.07, 6.45) is 2.00. The van der Waals surface area contributed by atoms with E-state index in [0.29, 0.717) is 19.4 Å². The number of carboxylic acids is 1. The molecule has 1 fully saturated rings. The van der Waals surface area contributed by atoms with Gasteiger partial charge < -0.3 is 20.2 Å². The predicted molar refractivity (Wildman–Crippen MR) is 143 cm³/mol. The highest BCUT2D eigenvalue weighted by Crippen LogP contribution is 2.19. The van der Waals surface area contributed by atoms with Crippen molar-refractivity contribution in [1.82, 2.24) is 25.1 Å². The maximum atomic E-state index is 13.0. The van der Waals surface area contributed by atoms with Gasteiger partial charge in [0.05, 0.1) is 31.1 Å². The number of amides is 4. The molecule has 4 amide bonds. The average molecular weight is 542 g/mol. The Bertz CT molecular complexity index is 1020. The number of nitriles is 2. The standard InChI is InChI=1S/C25H33N7O5.C2H6/c1-29(13-8-3-2-7-11-26)22(33)15-21(16-24(35)36)31-19-32(30(14-12-27)18-23(31)34)25(37)28-17-20-9-5-4-6-10-20;1-2/h4-6,9-10,21H,2-3,7-8,13-19H2,1H3,(H,28,37)(H,35,36);1-2H3. The van der Waals surface area contributed by atoms with Gasteiger partial charge in [-0.25, -0.2) is 9.80 Å². The summed E-state index contributed by atoms with van der Waals surface area (Å²) in [5, 5.41) is 32.5. The van der Waals surface area contributed by atoms with Crippen LogP contribution in [0.15, 0.2) is 30.3 Å². The van der Waals surface area contributed by atoms with Crippen LogP contribution in [0.5, 0.6) is 0 Å². The van der Waals surface area contributed by atoms with Crippen LogP contribution < -0.4 is 5.32 Å². The highest BCUT2D eigenvalue weighted by Gasteiger charge is 2.38. The molecule has 0 spiro atoms. The molecule has 1 unspecified atom stereocenters. The van der Waals surface area contributed by atoms with Crippen LogP contribution in [0.25, 0.3) is 0 Å². The van der Waals surface area contributed by atoms with E-state index >= 15 is 0 Å². The van der Waals surface area contributed by atoms with Gasteiger partial charge in [0.15, 0.2) is 0 Å². The molecule has 12 nitrogen and oxygen atoms in total. The first-order valence-corrected chi connectivity index (χ1v) is 13.1. The van der Waals surface area contributed by atoms with E-state index in [1.165, 1.54) is 19.8 Å². The van der Waals surface area contributed by atoms with Crippen LogP contribution in [0.4, 0.5) is 4.79 Å². The molecule has 39 heavy (non-hydrogen) atoms. The first-order chi connectivity index (χ1) is 18.8. The first-order valence-electron chi connectivity index (χ1n) is 13.1. The quantitative estimate of drug-likeness (QED) is 0.284. The van der Waals surface area contributed by atoms with E-state index in [1.54, 1.807) is 7.05 Å². The molecule has 2 rings (SSSR count). The van der Waals surface area contributed by atoms with E-state index < -0.39 is 30.4 Å². The molecule has 0 bridgehead atoms. The molecule has 1 heterocycles. The van der Waals surface area contributed by atoms with Crippen LogP contribution in [0.3, 0.4) is 0 Å². The molecule has 1 saturated heterocycles. The van der Waals surface area contributed by atoms with Crippen molar-refractivity contribution in [2.24, 2.45) is 0 Å². The van der Waals surface area contributed by atoms with Gasteiger partial charge in [0, 0.05) is 33.0 Å². The number of aliphatic carboxylic acids is 1. The summed E-state index contributed by atoms with van der Waals surface area (Å²) in [6.45, 7) is 3.87. The third-order valence-electron chi connectivity index (χ3n) is 6.01. The molecular formula is C27H39N7O5. The second-order valence-electron chi connectivity index (χ2n) is 8.77. The summed E-state index contributed by atoms with van der Waals surface area (Å²) in [6, 6.07) is 11.7. The van der Waals surface area contributed by atoms with Gasteiger partial charge in [-0.05, 0) is 18.4 Å². The second-order valence-corrected chi connectivity index (χ2v) is 8.77. The molecule has 0 aliphatic carbocycles. The summed E-state index contributed by atoms with van der Waals surface area (Å²) < 4.78 is 0. The number of carbonyl (C=O) groups excluding carboxylic acids is 3. The molecule has 1 aromatic rings. The minimum absolute atomic E-state index is 0.213. The predicted octanol–water partition coefficient (Wildman–Crippen LogP) is 2.54. The Morgan fingerprint density at radius 3 is 2.38 bits per heavy atom. The fourth-order valence-corrected chi connectivity index (χ4v) is 3.95. The molecular weight excluding hydrogens is 502 g/mol. The van der Waals surface area contributed by atoms with Gasteiger partial charge in [-0.15, -0.1) is 0 Å². The Balaban J connectivity index is 0.00000371. The summed E-state index contributed by atoms with van der Waals surface area (Å²) in [5.74, 6) is -1.97. The number of hydrogen-bond donors (Lipinski definition) is 2. The van der Waals surface area contributed by atoms with Crippen molar-refractivity contribution in [2.45, 2.75) is 65.0 Å². The van der Waals surface area contributed by atoms with E-state index in [0.717, 1.165) is 18.4 Å². The monoisotopic (exact) mass is 541 g/mol. The number of benzene rings is 1. The molecule has 1 aromatic carbocycles. The number of hydrazine groups is 1. The van der Waals surface area contributed by atoms with Crippen molar-refractivity contribution in [1.29, 1.82) is 10.5 Å². The highest BCUT2D eigenvalue weighted by molar-refractivity contribution is 5.84. The van der Waals surface area contributed by atoms with Crippen LogP contribution in [0, 0.1) is 22.7 Å². The Morgan fingerprint density at radius 1 is 1.08 bits per heavy atom. The lowest BCUT2D eigenvalue weighted by Crippen LogP contribution is -2.65. The lowest BCUT2D eigenvalue weighted by atomic mass is 10.1. The normalized spacial score (nSPS) is 13.8. The topological polar surface area (TPSA) is 161 Å². The fraction of sp³-hybridized carbons (Fsp3) is 0.556. The smallest absolute Gasteiger partial charge is 0.333 e. The summed E-state index contributed by atoms with van der Waals surface area (Å²) in [7, 11) is 1.61. The summed E-state index contributed by atoms with van der Waals surface area (Å²) in [4.78, 5) is 53.1. The number of carboxylic acid groups (broad SMARTS) is 1. The second kappa shape index (κ2) is 18.2. The molecule has 0 radical (unpaired) electrons. The molecule has 12 heteroatoms. The fourth-order valence-electron chi connectivity index (χ4n) is 3.95. The van der Waals surface area contributed by atoms with Gasteiger partial charge in [-0.3, -0.25) is 14.4 Å². The largest absolute Gasteiger partial charge is 0.481 e. The SMILES string of the molecule is CC.CN(CCCCCC#N)C(=O)CC(CC(=O)O)N1CN(C(=O)NCc2ccccc2)N(CC#N)CC1=O. The molecule has 0 saturated carbocycles. The lowest BCUT2D eigenvalue weighted by Gasteiger charge is -2.44. The van der Waals surface area contributed by atoms with Crippen molar-refractivity contribution in [3.8, 4) is 12.1 Å². The van der Waals surface area contributed by atoms with Gasteiger partial charge in [0.2, 0.25) is 11.8 Å². The maximum Gasteiger partial charge on any atom is 0.333 e. The number of rotatable bonds is 13. The number of carbonyl (C=O) groups is 4. The van der Waals surface area contributed by atoms with E-state index in [2.05, 4.69) is 11.4 Å². The lowest BCUT2D eigenvalue weighted by molar-refractivity contribution is -0.158. The third kappa shape index (κ3) is 11.4. The number of nitrogens with zero attached hydrogens (tertiary/aromatic N) is 6. The minimum Gasteiger partial charge on any atom is -0.481 e. The van der Waals surface area contributed by atoms with Crippen LogP contribution in [-0.2, 0) is 20.9 Å². The third-order valence-corrected chi connectivity index (χ3v) is 6.01. The maximum absolute atomic E-state index is 13.0. The molecule has 1 aliphatic rings. The highest BCUT2D eigenvalue weighted by atomic mass is 16.4. The minimum atomic E-state index is -1.18. The molecule has 2 N–H and O–H groups in total. The van der Waals surface area contributed by atoms with Crippen LogP contribution >= 0.6 is 0 Å². The van der Waals surface area contributed by atoms with E-state index in [-0.39, 0.29) is 38.6 Å². The van der Waals surface area contributed by atoms with Crippen molar-refractivity contribution in [2.75, 3.05) is 33.4 Å². The Morgan fingerprint density at radius 2 is 1.77 bits per heavy atom. The van der Waals surface area contributed by atoms with Crippen molar-refractivity contribution in [3.05, 3.63) is 35.9 Å². The Hall–Kier alpha value is -4.16. The van der Waals surface area contributed by atoms with E-state index in [1.807, 2.05) is 50.2 Å². The molecule has 1 aliphatic heterocycles. The van der Waals surface area contributed by atoms with E-state index in [4.69, 9.17) is 5.26 Å². The van der Waals surface area contributed by atoms with Crippen LogP contribution in [-0.4, -0.2) is 88.1 Å². The number of hydrogen-bond acceptors (Lipinski definition) is 7. The summed E-state index contributed by atoms with van der Waals surface area (Å²) in [5.41, 5.74) is 0.859. The van der Waals surface area contributed by atoms with Crippen LogP contribution in [0.1, 0.15) is 57.9 Å². The van der Waals surface area contributed by atoms with Gasteiger partial charge >= 0.3 is 12.0 Å². The van der Waals surface area contributed by atoms with Crippen molar-refractivity contribution in [3.63, 3.8) is 0 Å². The number of unbranched alkanes of at least 4 members (excludes halogenated alkanes) is 3. The van der Waals surface area contributed by atoms with Gasteiger partial charge in [0.25, 0.3) is 0 Å². The first kappa shape index (κ1) is 32.9. The Kier molecular flexibility index (Phi) is 15.3. The zero-order chi connectivity index (χ0) is 29.2. The van der Waals surface area contributed by atoms with Crippen molar-refractivity contribution >= 4 is 23.8 Å². The number of nitrogens with one attached hydrogen (secondary N) is 1. The van der Waals surface area contributed by atoms with E-state index in [9.17, 15) is 29.5 Å². The van der Waals surface area contributed by atoms with Gasteiger partial charge in [-0.1, -0.05) is 50.6 Å². The molecule has 1 atom stereocenters. The Labute approximate surface area is 230 Å². The summed E-state index contributed by atoms with van der Waals surface area (Å²) >= 11 is 0. The molecule has 212 valence electrons. The zero-order valence-electron chi connectivity index (χ0n) is 23.0.